The summed E-state index contributed by atoms with van der Waals surface area (Å²) in [7, 11) is 0. The van der Waals surface area contributed by atoms with Gasteiger partial charge in [0.2, 0.25) is 0 Å². The molecule has 0 aromatic carbocycles. The first-order valence-corrected chi connectivity index (χ1v) is 7.84. The molecule has 1 aliphatic heterocycles. The van der Waals surface area contributed by atoms with Crippen LogP contribution in [0.4, 0.5) is 5.82 Å². The summed E-state index contributed by atoms with van der Waals surface area (Å²) in [6, 6.07) is 3.58. The highest BCUT2D eigenvalue weighted by Crippen LogP contribution is 2.21. The SMILES string of the molecule is CCOC(=O)c1cccnc1N(CC)CC1CCCNC1. The third kappa shape index (κ3) is 4.17. The quantitative estimate of drug-likeness (QED) is 0.813. The zero-order chi connectivity index (χ0) is 15.1. The summed E-state index contributed by atoms with van der Waals surface area (Å²) >= 11 is 0. The molecule has 1 saturated heterocycles. The Hall–Kier alpha value is -1.62. The number of esters is 1. The Morgan fingerprint density at radius 3 is 3.05 bits per heavy atom. The molecule has 5 nitrogen and oxygen atoms in total. The van der Waals surface area contributed by atoms with E-state index in [4.69, 9.17) is 4.74 Å². The summed E-state index contributed by atoms with van der Waals surface area (Å²) in [5.74, 6) is 1.06. The number of aromatic nitrogens is 1. The maximum atomic E-state index is 12.1. The summed E-state index contributed by atoms with van der Waals surface area (Å²) in [4.78, 5) is 18.7. The molecule has 1 aromatic heterocycles. The first-order valence-electron chi connectivity index (χ1n) is 7.84. The number of ether oxygens (including phenoxy) is 1. The highest BCUT2D eigenvalue weighted by Gasteiger charge is 2.21. The van der Waals surface area contributed by atoms with Crippen molar-refractivity contribution < 1.29 is 9.53 Å². The Bertz CT molecular complexity index is 459. The minimum Gasteiger partial charge on any atom is -0.462 e. The molecule has 1 N–H and O–H groups in total. The van der Waals surface area contributed by atoms with E-state index in [2.05, 4.69) is 22.1 Å². The maximum absolute atomic E-state index is 12.1. The van der Waals surface area contributed by atoms with E-state index in [1.807, 2.05) is 6.92 Å². The first kappa shape index (κ1) is 15.8. The van der Waals surface area contributed by atoms with Crippen LogP contribution in [0.2, 0.25) is 0 Å². The van der Waals surface area contributed by atoms with Crippen LogP contribution in [0, 0.1) is 5.92 Å². The zero-order valence-electron chi connectivity index (χ0n) is 13.0. The molecule has 2 rings (SSSR count). The predicted octanol–water partition coefficient (Wildman–Crippen LogP) is 2.08. The van der Waals surface area contributed by atoms with Crippen LogP contribution in [0.15, 0.2) is 18.3 Å². The van der Waals surface area contributed by atoms with E-state index in [-0.39, 0.29) is 5.97 Å². The summed E-state index contributed by atoms with van der Waals surface area (Å²) in [6.07, 6.45) is 4.18. The van der Waals surface area contributed by atoms with Crippen LogP contribution in [0.5, 0.6) is 0 Å². The van der Waals surface area contributed by atoms with Gasteiger partial charge in [0.05, 0.1) is 6.61 Å². The molecule has 1 atom stereocenters. The first-order chi connectivity index (χ1) is 10.3. The lowest BCUT2D eigenvalue weighted by atomic mass is 9.99. The molecule has 0 radical (unpaired) electrons. The molecule has 21 heavy (non-hydrogen) atoms. The van der Waals surface area contributed by atoms with E-state index in [1.54, 1.807) is 18.3 Å². The van der Waals surface area contributed by atoms with Crippen LogP contribution in [0.25, 0.3) is 0 Å². The number of piperidine rings is 1. The van der Waals surface area contributed by atoms with Gasteiger partial charge in [-0.3, -0.25) is 0 Å². The van der Waals surface area contributed by atoms with Crippen molar-refractivity contribution in [3.8, 4) is 0 Å². The van der Waals surface area contributed by atoms with Crippen LogP contribution in [-0.4, -0.2) is 43.7 Å². The fourth-order valence-corrected chi connectivity index (χ4v) is 2.77. The van der Waals surface area contributed by atoms with Gasteiger partial charge in [-0.05, 0) is 57.8 Å². The van der Waals surface area contributed by atoms with Gasteiger partial charge in [-0.15, -0.1) is 0 Å². The van der Waals surface area contributed by atoms with Crippen LogP contribution in [-0.2, 0) is 4.74 Å². The molecular weight excluding hydrogens is 266 g/mol. The van der Waals surface area contributed by atoms with E-state index in [1.165, 1.54) is 12.8 Å². The van der Waals surface area contributed by atoms with E-state index >= 15 is 0 Å². The molecule has 1 aliphatic rings. The third-order valence-electron chi connectivity index (χ3n) is 3.84. The molecule has 0 saturated carbocycles. The molecule has 5 heteroatoms. The minimum atomic E-state index is -0.291. The number of nitrogens with zero attached hydrogens (tertiary/aromatic N) is 2. The molecule has 1 unspecified atom stereocenters. The second-order valence-corrected chi connectivity index (χ2v) is 5.35. The van der Waals surface area contributed by atoms with Gasteiger partial charge in [-0.2, -0.15) is 0 Å². The van der Waals surface area contributed by atoms with Crippen molar-refractivity contribution in [2.24, 2.45) is 5.92 Å². The molecule has 2 heterocycles. The number of carbonyl (C=O) groups is 1. The van der Waals surface area contributed by atoms with Crippen molar-refractivity contribution in [2.75, 3.05) is 37.7 Å². The molecular formula is C16H25N3O2. The average molecular weight is 291 g/mol. The van der Waals surface area contributed by atoms with Crippen LogP contribution in [0.3, 0.4) is 0 Å². The fraction of sp³-hybridized carbons (Fsp3) is 0.625. The van der Waals surface area contributed by atoms with Gasteiger partial charge >= 0.3 is 5.97 Å². The number of hydrogen-bond donors (Lipinski definition) is 1. The average Bonchev–Trinajstić information content (AvgIpc) is 2.54. The molecule has 1 aromatic rings. The predicted molar refractivity (Wildman–Crippen MR) is 83.7 cm³/mol. The number of nitrogens with one attached hydrogen (secondary N) is 1. The van der Waals surface area contributed by atoms with Gasteiger partial charge < -0.3 is 15.0 Å². The Labute approximate surface area is 126 Å². The summed E-state index contributed by atoms with van der Waals surface area (Å²) < 4.78 is 5.14. The molecule has 0 bridgehead atoms. The Morgan fingerprint density at radius 2 is 2.38 bits per heavy atom. The van der Waals surface area contributed by atoms with E-state index in [0.29, 0.717) is 18.1 Å². The lowest BCUT2D eigenvalue weighted by Gasteiger charge is -2.31. The van der Waals surface area contributed by atoms with E-state index < -0.39 is 0 Å². The summed E-state index contributed by atoms with van der Waals surface area (Å²) in [6.45, 7) is 8.20. The number of anilines is 1. The lowest BCUT2D eigenvalue weighted by Crippen LogP contribution is -2.39. The van der Waals surface area contributed by atoms with Gasteiger partial charge in [-0.1, -0.05) is 0 Å². The highest BCUT2D eigenvalue weighted by atomic mass is 16.5. The molecule has 0 spiro atoms. The molecule has 1 fully saturated rings. The van der Waals surface area contributed by atoms with Gasteiger partial charge in [0.15, 0.2) is 0 Å². The normalized spacial score (nSPS) is 18.3. The van der Waals surface area contributed by atoms with Crippen molar-refractivity contribution in [1.29, 1.82) is 0 Å². The zero-order valence-corrected chi connectivity index (χ0v) is 13.0. The number of pyridine rings is 1. The Kier molecular flexibility index (Phi) is 5.99. The van der Waals surface area contributed by atoms with Gasteiger partial charge in [0.1, 0.15) is 11.4 Å². The van der Waals surface area contributed by atoms with Crippen molar-refractivity contribution in [2.45, 2.75) is 26.7 Å². The number of hydrogen-bond acceptors (Lipinski definition) is 5. The summed E-state index contributed by atoms with van der Waals surface area (Å²) in [5.41, 5.74) is 0.560. The number of carbonyl (C=O) groups excluding carboxylic acids is 1. The second-order valence-electron chi connectivity index (χ2n) is 5.35. The van der Waals surface area contributed by atoms with E-state index in [0.717, 1.165) is 32.0 Å². The molecule has 116 valence electrons. The Balaban J connectivity index is 2.14. The molecule has 0 aliphatic carbocycles. The van der Waals surface area contributed by atoms with Gasteiger partial charge in [-0.25, -0.2) is 9.78 Å². The standard InChI is InChI=1S/C16H25N3O2/c1-3-19(12-13-7-5-9-17-11-13)15-14(8-6-10-18-15)16(20)21-4-2/h6,8,10,13,17H,3-5,7,9,11-12H2,1-2H3. The van der Waals surface area contributed by atoms with Crippen molar-refractivity contribution >= 4 is 11.8 Å². The van der Waals surface area contributed by atoms with E-state index in [9.17, 15) is 4.79 Å². The molecule has 0 amide bonds. The monoisotopic (exact) mass is 291 g/mol. The fourth-order valence-electron chi connectivity index (χ4n) is 2.77. The van der Waals surface area contributed by atoms with Crippen LogP contribution in [0.1, 0.15) is 37.0 Å². The number of rotatable bonds is 6. The van der Waals surface area contributed by atoms with Crippen LogP contribution < -0.4 is 10.2 Å². The minimum absolute atomic E-state index is 0.291. The highest BCUT2D eigenvalue weighted by molar-refractivity contribution is 5.94. The van der Waals surface area contributed by atoms with Crippen LogP contribution >= 0.6 is 0 Å². The maximum Gasteiger partial charge on any atom is 0.341 e. The topological polar surface area (TPSA) is 54.5 Å². The van der Waals surface area contributed by atoms with Crippen molar-refractivity contribution in [3.05, 3.63) is 23.9 Å². The second kappa shape index (κ2) is 7.98. The van der Waals surface area contributed by atoms with Crippen molar-refractivity contribution in [3.63, 3.8) is 0 Å². The van der Waals surface area contributed by atoms with Gasteiger partial charge in [0, 0.05) is 19.3 Å². The third-order valence-corrected chi connectivity index (χ3v) is 3.84. The summed E-state index contributed by atoms with van der Waals surface area (Å²) in [5, 5.41) is 3.43. The van der Waals surface area contributed by atoms with Crippen molar-refractivity contribution in [1.82, 2.24) is 10.3 Å². The van der Waals surface area contributed by atoms with Gasteiger partial charge in [0.25, 0.3) is 0 Å². The lowest BCUT2D eigenvalue weighted by molar-refractivity contribution is 0.0526. The Morgan fingerprint density at radius 1 is 1.52 bits per heavy atom. The smallest absolute Gasteiger partial charge is 0.341 e. The largest absolute Gasteiger partial charge is 0.462 e.